The molecule has 0 heterocycles. The predicted molar refractivity (Wildman–Crippen MR) is 70.2 cm³/mol. The lowest BCUT2D eigenvalue weighted by Crippen LogP contribution is -2.14. The van der Waals surface area contributed by atoms with Crippen LogP contribution in [0.2, 0.25) is 0 Å². The van der Waals surface area contributed by atoms with Crippen molar-refractivity contribution in [2.45, 2.75) is 39.3 Å². The van der Waals surface area contributed by atoms with Gasteiger partial charge in [-0.2, -0.15) is 0 Å². The van der Waals surface area contributed by atoms with Gasteiger partial charge in [0.05, 0.1) is 12.7 Å². The second kappa shape index (κ2) is 8.06. The number of nitrogens with one attached hydrogen (secondary N) is 1. The molecule has 0 bridgehead atoms. The van der Waals surface area contributed by atoms with Gasteiger partial charge in [-0.1, -0.05) is 13.0 Å². The zero-order valence-corrected chi connectivity index (χ0v) is 11.1. The van der Waals surface area contributed by atoms with Gasteiger partial charge < -0.3 is 15.2 Å². The molecular formula is C14H22FNO2. The number of ether oxygens (including phenoxy) is 1. The summed E-state index contributed by atoms with van der Waals surface area (Å²) < 4.78 is 18.9. The van der Waals surface area contributed by atoms with E-state index in [2.05, 4.69) is 12.2 Å². The van der Waals surface area contributed by atoms with Crippen LogP contribution in [0.4, 0.5) is 4.39 Å². The lowest BCUT2D eigenvalue weighted by molar-refractivity contribution is 0.154. The fourth-order valence-corrected chi connectivity index (χ4v) is 1.52. The average molecular weight is 255 g/mol. The first-order valence-electron chi connectivity index (χ1n) is 6.43. The van der Waals surface area contributed by atoms with Crippen LogP contribution in [0.15, 0.2) is 18.2 Å². The molecule has 1 aromatic carbocycles. The van der Waals surface area contributed by atoms with E-state index in [1.54, 1.807) is 13.0 Å². The van der Waals surface area contributed by atoms with Crippen molar-refractivity contribution in [1.29, 1.82) is 0 Å². The summed E-state index contributed by atoms with van der Waals surface area (Å²) in [5, 5.41) is 12.3. The molecule has 1 atom stereocenters. The van der Waals surface area contributed by atoms with Gasteiger partial charge in [0.15, 0.2) is 11.6 Å². The van der Waals surface area contributed by atoms with Crippen LogP contribution in [-0.2, 0) is 6.54 Å². The van der Waals surface area contributed by atoms with Crippen LogP contribution in [0.1, 0.15) is 32.3 Å². The first-order valence-corrected chi connectivity index (χ1v) is 6.43. The van der Waals surface area contributed by atoms with Crippen LogP contribution >= 0.6 is 0 Å². The number of aliphatic hydroxyl groups is 1. The molecular weight excluding hydrogens is 233 g/mol. The van der Waals surface area contributed by atoms with E-state index in [0.29, 0.717) is 19.6 Å². The first kappa shape index (κ1) is 14.9. The lowest BCUT2D eigenvalue weighted by Gasteiger charge is -2.10. The van der Waals surface area contributed by atoms with Crippen molar-refractivity contribution < 1.29 is 14.2 Å². The Kier molecular flexibility index (Phi) is 6.68. The molecule has 18 heavy (non-hydrogen) atoms. The highest BCUT2D eigenvalue weighted by Gasteiger charge is 2.05. The van der Waals surface area contributed by atoms with Gasteiger partial charge in [-0.3, -0.25) is 0 Å². The molecule has 0 radical (unpaired) electrons. The molecule has 102 valence electrons. The Labute approximate surface area is 108 Å². The van der Waals surface area contributed by atoms with Gasteiger partial charge in [-0.15, -0.1) is 0 Å². The van der Waals surface area contributed by atoms with Crippen LogP contribution in [0.5, 0.6) is 5.75 Å². The minimum Gasteiger partial charge on any atom is -0.490 e. The molecule has 0 amide bonds. The van der Waals surface area contributed by atoms with Crippen molar-refractivity contribution >= 4 is 0 Å². The molecule has 0 aliphatic heterocycles. The van der Waals surface area contributed by atoms with E-state index >= 15 is 0 Å². The van der Waals surface area contributed by atoms with Gasteiger partial charge in [-0.05, 0) is 37.6 Å². The third-order valence-corrected chi connectivity index (χ3v) is 2.55. The van der Waals surface area contributed by atoms with Gasteiger partial charge in [0, 0.05) is 13.0 Å². The zero-order chi connectivity index (χ0) is 13.4. The van der Waals surface area contributed by atoms with Crippen LogP contribution in [0.25, 0.3) is 0 Å². The lowest BCUT2D eigenvalue weighted by atomic mass is 10.2. The molecule has 1 rings (SSSR count). The maximum Gasteiger partial charge on any atom is 0.165 e. The molecule has 0 saturated carbocycles. The third kappa shape index (κ3) is 5.47. The molecule has 3 nitrogen and oxygen atoms in total. The van der Waals surface area contributed by atoms with Crippen LogP contribution in [-0.4, -0.2) is 24.4 Å². The molecule has 0 aliphatic rings. The molecule has 4 heteroatoms. The number of hydrogen-bond donors (Lipinski definition) is 2. The summed E-state index contributed by atoms with van der Waals surface area (Å²) >= 11 is 0. The summed E-state index contributed by atoms with van der Waals surface area (Å²) in [6, 6.07) is 4.98. The summed E-state index contributed by atoms with van der Waals surface area (Å²) in [6.07, 6.45) is 1.13. The van der Waals surface area contributed by atoms with Crippen molar-refractivity contribution in [3.05, 3.63) is 29.6 Å². The third-order valence-electron chi connectivity index (χ3n) is 2.55. The Balaban J connectivity index is 2.46. The number of aliphatic hydroxyl groups excluding tert-OH is 1. The highest BCUT2D eigenvalue weighted by molar-refractivity contribution is 5.29. The standard InChI is InChI=1S/C14H22FNO2/c1-3-7-16-10-12-4-5-14(13(15)9-12)18-8-6-11(2)17/h4-5,9,11,16-17H,3,6-8,10H2,1-2H3. The van der Waals surface area contributed by atoms with E-state index < -0.39 is 6.10 Å². The van der Waals surface area contributed by atoms with Gasteiger partial charge in [0.2, 0.25) is 0 Å². The summed E-state index contributed by atoms with van der Waals surface area (Å²) in [5.74, 6) is -0.105. The van der Waals surface area contributed by atoms with Crippen molar-refractivity contribution in [2.75, 3.05) is 13.2 Å². The number of benzene rings is 1. The summed E-state index contributed by atoms with van der Waals surface area (Å²) in [5.41, 5.74) is 0.906. The maximum absolute atomic E-state index is 13.7. The van der Waals surface area contributed by atoms with E-state index in [0.717, 1.165) is 18.5 Å². The summed E-state index contributed by atoms with van der Waals surface area (Å²) in [4.78, 5) is 0. The minimum absolute atomic E-state index is 0.245. The van der Waals surface area contributed by atoms with Crippen molar-refractivity contribution in [1.82, 2.24) is 5.32 Å². The quantitative estimate of drug-likeness (QED) is 0.701. The van der Waals surface area contributed by atoms with Crippen LogP contribution in [0.3, 0.4) is 0 Å². The highest BCUT2D eigenvalue weighted by Crippen LogP contribution is 2.18. The van der Waals surface area contributed by atoms with Crippen LogP contribution < -0.4 is 10.1 Å². The smallest absolute Gasteiger partial charge is 0.165 e. The van der Waals surface area contributed by atoms with Crippen LogP contribution in [0, 0.1) is 5.82 Å². The molecule has 0 aliphatic carbocycles. The van der Waals surface area contributed by atoms with Gasteiger partial charge in [0.25, 0.3) is 0 Å². The van der Waals surface area contributed by atoms with Crippen molar-refractivity contribution in [3.8, 4) is 5.75 Å². The number of hydrogen-bond acceptors (Lipinski definition) is 3. The minimum atomic E-state index is -0.425. The Bertz CT molecular complexity index is 356. The zero-order valence-electron chi connectivity index (χ0n) is 11.1. The molecule has 1 unspecified atom stereocenters. The van der Waals surface area contributed by atoms with E-state index in [9.17, 15) is 4.39 Å². The second-order valence-corrected chi connectivity index (χ2v) is 4.43. The van der Waals surface area contributed by atoms with Crippen molar-refractivity contribution in [3.63, 3.8) is 0 Å². The summed E-state index contributed by atoms with van der Waals surface area (Å²) in [6.45, 7) is 5.68. The highest BCUT2D eigenvalue weighted by atomic mass is 19.1. The van der Waals surface area contributed by atoms with Crippen molar-refractivity contribution in [2.24, 2.45) is 0 Å². The summed E-state index contributed by atoms with van der Waals surface area (Å²) in [7, 11) is 0. The normalized spacial score (nSPS) is 12.4. The Morgan fingerprint density at radius 2 is 2.22 bits per heavy atom. The fourth-order valence-electron chi connectivity index (χ4n) is 1.52. The monoisotopic (exact) mass is 255 g/mol. The molecule has 0 saturated heterocycles. The molecule has 2 N–H and O–H groups in total. The maximum atomic E-state index is 13.7. The van der Waals surface area contributed by atoms with E-state index in [1.165, 1.54) is 6.07 Å². The fraction of sp³-hybridized carbons (Fsp3) is 0.571. The Morgan fingerprint density at radius 1 is 1.44 bits per heavy atom. The number of halogens is 1. The Hall–Kier alpha value is -1.13. The average Bonchev–Trinajstić information content (AvgIpc) is 2.32. The topological polar surface area (TPSA) is 41.5 Å². The molecule has 0 fully saturated rings. The predicted octanol–water partition coefficient (Wildman–Crippen LogP) is 2.48. The number of rotatable bonds is 8. The van der Waals surface area contributed by atoms with E-state index in [1.807, 2.05) is 6.07 Å². The first-order chi connectivity index (χ1) is 8.63. The second-order valence-electron chi connectivity index (χ2n) is 4.43. The van der Waals surface area contributed by atoms with E-state index in [-0.39, 0.29) is 11.6 Å². The SMILES string of the molecule is CCCNCc1ccc(OCCC(C)O)c(F)c1. The molecule has 0 aromatic heterocycles. The molecule has 1 aromatic rings. The van der Waals surface area contributed by atoms with Gasteiger partial charge in [-0.25, -0.2) is 4.39 Å². The Morgan fingerprint density at radius 3 is 2.83 bits per heavy atom. The largest absolute Gasteiger partial charge is 0.490 e. The van der Waals surface area contributed by atoms with Gasteiger partial charge >= 0.3 is 0 Å². The molecule has 0 spiro atoms. The van der Waals surface area contributed by atoms with E-state index in [4.69, 9.17) is 9.84 Å². The van der Waals surface area contributed by atoms with Gasteiger partial charge in [0.1, 0.15) is 0 Å².